The number of amides is 1. The van der Waals surface area contributed by atoms with E-state index in [0.717, 1.165) is 37.0 Å². The first-order valence-corrected chi connectivity index (χ1v) is 9.45. The molecule has 2 saturated heterocycles. The quantitative estimate of drug-likeness (QED) is 0.759. The SMILES string of the molecule is COc1ccc(/C=C/C(=O)N2C3CCC2CC(Oc2ccccn2)C3)cc1. The monoisotopic (exact) mass is 364 g/mol. The number of rotatable bonds is 5. The number of carbonyl (C=O) groups is 1. The number of pyridine rings is 1. The molecule has 4 rings (SSSR count). The summed E-state index contributed by atoms with van der Waals surface area (Å²) in [7, 11) is 1.64. The van der Waals surface area contributed by atoms with Crippen molar-refractivity contribution in [3.05, 3.63) is 60.3 Å². The lowest BCUT2D eigenvalue weighted by atomic mass is 9.99. The second-order valence-electron chi connectivity index (χ2n) is 7.12. The Morgan fingerprint density at radius 1 is 1.11 bits per heavy atom. The molecule has 0 radical (unpaired) electrons. The zero-order valence-corrected chi connectivity index (χ0v) is 15.5. The smallest absolute Gasteiger partial charge is 0.247 e. The van der Waals surface area contributed by atoms with Crippen molar-refractivity contribution in [2.75, 3.05) is 7.11 Å². The van der Waals surface area contributed by atoms with Crippen LogP contribution in [0.4, 0.5) is 0 Å². The van der Waals surface area contributed by atoms with Crippen molar-refractivity contribution >= 4 is 12.0 Å². The number of methoxy groups -OCH3 is 1. The number of ether oxygens (including phenoxy) is 2. The van der Waals surface area contributed by atoms with Crippen LogP contribution in [-0.2, 0) is 4.79 Å². The summed E-state index contributed by atoms with van der Waals surface area (Å²) in [4.78, 5) is 19.1. The van der Waals surface area contributed by atoms with Gasteiger partial charge in [0.05, 0.1) is 7.11 Å². The van der Waals surface area contributed by atoms with Gasteiger partial charge in [-0.25, -0.2) is 4.98 Å². The van der Waals surface area contributed by atoms with E-state index in [9.17, 15) is 4.79 Å². The van der Waals surface area contributed by atoms with E-state index in [-0.39, 0.29) is 24.1 Å². The van der Waals surface area contributed by atoms with Crippen LogP contribution >= 0.6 is 0 Å². The first-order chi connectivity index (χ1) is 13.2. The van der Waals surface area contributed by atoms with Crippen molar-refractivity contribution < 1.29 is 14.3 Å². The zero-order valence-electron chi connectivity index (χ0n) is 15.5. The molecule has 2 atom stereocenters. The topological polar surface area (TPSA) is 51.7 Å². The van der Waals surface area contributed by atoms with Crippen molar-refractivity contribution in [1.29, 1.82) is 0 Å². The number of fused-ring (bicyclic) bond motifs is 2. The summed E-state index contributed by atoms with van der Waals surface area (Å²) < 4.78 is 11.2. The maximum Gasteiger partial charge on any atom is 0.247 e. The van der Waals surface area contributed by atoms with Crippen molar-refractivity contribution in [2.45, 2.75) is 43.9 Å². The lowest BCUT2D eigenvalue weighted by molar-refractivity contribution is -0.131. The molecule has 2 aliphatic heterocycles. The summed E-state index contributed by atoms with van der Waals surface area (Å²) in [5, 5.41) is 0. The minimum atomic E-state index is 0.0922. The van der Waals surface area contributed by atoms with Crippen LogP contribution < -0.4 is 9.47 Å². The molecule has 2 unspecified atom stereocenters. The first kappa shape index (κ1) is 17.6. The van der Waals surface area contributed by atoms with Gasteiger partial charge in [-0.05, 0) is 42.7 Å². The lowest BCUT2D eigenvalue weighted by Gasteiger charge is -2.38. The maximum atomic E-state index is 12.8. The highest BCUT2D eigenvalue weighted by Crippen LogP contribution is 2.37. The highest BCUT2D eigenvalue weighted by molar-refractivity contribution is 5.92. The Hall–Kier alpha value is -2.82. The second kappa shape index (κ2) is 7.82. The Balaban J connectivity index is 1.38. The molecule has 2 bridgehead atoms. The average Bonchev–Trinajstić information content (AvgIpc) is 2.98. The van der Waals surface area contributed by atoms with Gasteiger partial charge >= 0.3 is 0 Å². The van der Waals surface area contributed by atoms with Gasteiger partial charge in [-0.1, -0.05) is 18.2 Å². The number of nitrogens with zero attached hydrogens (tertiary/aromatic N) is 2. The normalized spacial score (nSPS) is 24.2. The van der Waals surface area contributed by atoms with Crippen LogP contribution in [0.1, 0.15) is 31.2 Å². The molecule has 3 heterocycles. The van der Waals surface area contributed by atoms with E-state index >= 15 is 0 Å². The van der Waals surface area contributed by atoms with E-state index in [1.165, 1.54) is 0 Å². The molecule has 0 aliphatic carbocycles. The van der Waals surface area contributed by atoms with Gasteiger partial charge < -0.3 is 14.4 Å². The average molecular weight is 364 g/mol. The van der Waals surface area contributed by atoms with Gasteiger partial charge in [0.2, 0.25) is 11.8 Å². The molecule has 0 saturated carbocycles. The van der Waals surface area contributed by atoms with Crippen LogP contribution in [-0.4, -0.2) is 41.1 Å². The molecule has 1 amide bonds. The van der Waals surface area contributed by atoms with Crippen LogP contribution in [0.25, 0.3) is 6.08 Å². The summed E-state index contributed by atoms with van der Waals surface area (Å²) in [5.74, 6) is 1.57. The fourth-order valence-electron chi connectivity index (χ4n) is 4.14. The Bertz CT molecular complexity index is 790. The fourth-order valence-corrected chi connectivity index (χ4v) is 4.14. The summed E-state index contributed by atoms with van der Waals surface area (Å²) >= 11 is 0. The lowest BCUT2D eigenvalue weighted by Crippen LogP contribution is -2.48. The summed E-state index contributed by atoms with van der Waals surface area (Å²) in [6, 6.07) is 13.9. The number of hydrogen-bond donors (Lipinski definition) is 0. The van der Waals surface area contributed by atoms with E-state index in [1.807, 2.05) is 48.5 Å². The minimum absolute atomic E-state index is 0.0922. The molecule has 2 aromatic rings. The molecule has 2 aliphatic rings. The molecule has 27 heavy (non-hydrogen) atoms. The minimum Gasteiger partial charge on any atom is -0.497 e. The van der Waals surface area contributed by atoms with Gasteiger partial charge in [0.15, 0.2) is 0 Å². The Morgan fingerprint density at radius 2 is 1.85 bits per heavy atom. The maximum absolute atomic E-state index is 12.8. The largest absolute Gasteiger partial charge is 0.497 e. The van der Waals surface area contributed by atoms with Gasteiger partial charge in [0.25, 0.3) is 0 Å². The second-order valence-corrected chi connectivity index (χ2v) is 7.12. The van der Waals surface area contributed by atoms with Gasteiger partial charge in [-0.2, -0.15) is 0 Å². The third-order valence-corrected chi connectivity index (χ3v) is 5.40. The number of piperidine rings is 1. The Labute approximate surface area is 159 Å². The van der Waals surface area contributed by atoms with Crippen molar-refractivity contribution in [1.82, 2.24) is 9.88 Å². The molecular formula is C22H24N2O3. The number of benzene rings is 1. The van der Waals surface area contributed by atoms with E-state index in [0.29, 0.717) is 5.88 Å². The third-order valence-electron chi connectivity index (χ3n) is 5.40. The summed E-state index contributed by atoms with van der Waals surface area (Å²) in [6.07, 6.45) is 9.28. The van der Waals surface area contributed by atoms with E-state index < -0.39 is 0 Å². The van der Waals surface area contributed by atoms with Crippen molar-refractivity contribution in [2.24, 2.45) is 0 Å². The highest BCUT2D eigenvalue weighted by atomic mass is 16.5. The molecule has 5 heteroatoms. The highest BCUT2D eigenvalue weighted by Gasteiger charge is 2.43. The molecule has 0 spiro atoms. The van der Waals surface area contributed by atoms with Gasteiger partial charge in [-0.15, -0.1) is 0 Å². The number of aromatic nitrogens is 1. The van der Waals surface area contributed by atoms with Gasteiger partial charge in [0.1, 0.15) is 11.9 Å². The van der Waals surface area contributed by atoms with Crippen molar-refractivity contribution in [3.8, 4) is 11.6 Å². The fraction of sp³-hybridized carbons (Fsp3) is 0.364. The van der Waals surface area contributed by atoms with Crippen molar-refractivity contribution in [3.63, 3.8) is 0 Å². The molecule has 1 aromatic carbocycles. The number of hydrogen-bond acceptors (Lipinski definition) is 4. The van der Waals surface area contributed by atoms with Crippen LogP contribution in [0.5, 0.6) is 11.6 Å². The predicted octanol–water partition coefficient (Wildman–Crippen LogP) is 3.70. The molecular weight excluding hydrogens is 340 g/mol. The van der Waals surface area contributed by atoms with Gasteiger partial charge in [-0.3, -0.25) is 4.79 Å². The first-order valence-electron chi connectivity index (χ1n) is 9.45. The molecule has 2 fully saturated rings. The Morgan fingerprint density at radius 3 is 2.48 bits per heavy atom. The zero-order chi connectivity index (χ0) is 18.6. The van der Waals surface area contributed by atoms with Crippen LogP contribution in [0.3, 0.4) is 0 Å². The van der Waals surface area contributed by atoms with E-state index in [2.05, 4.69) is 9.88 Å². The predicted molar refractivity (Wildman–Crippen MR) is 104 cm³/mol. The Kier molecular flexibility index (Phi) is 5.10. The van der Waals surface area contributed by atoms with Crippen LogP contribution in [0.15, 0.2) is 54.7 Å². The number of carbonyl (C=O) groups excluding carboxylic acids is 1. The molecule has 5 nitrogen and oxygen atoms in total. The summed E-state index contributed by atoms with van der Waals surface area (Å²) in [6.45, 7) is 0. The van der Waals surface area contributed by atoms with E-state index in [1.54, 1.807) is 19.4 Å². The third kappa shape index (κ3) is 3.97. The van der Waals surface area contributed by atoms with E-state index in [4.69, 9.17) is 9.47 Å². The molecule has 140 valence electrons. The van der Waals surface area contributed by atoms with Crippen LogP contribution in [0.2, 0.25) is 0 Å². The standard InChI is InChI=1S/C22H24N2O3/c1-26-19-10-5-16(6-11-19)7-12-22(25)24-17-8-9-18(24)15-20(14-17)27-21-4-2-3-13-23-21/h2-7,10-13,17-18,20H,8-9,14-15H2,1H3/b12-7+. The molecule has 0 N–H and O–H groups in total. The molecule has 1 aromatic heterocycles. The summed E-state index contributed by atoms with van der Waals surface area (Å²) in [5.41, 5.74) is 0.991. The van der Waals surface area contributed by atoms with Crippen LogP contribution in [0, 0.1) is 0 Å². The van der Waals surface area contributed by atoms with Gasteiger partial charge in [0, 0.05) is 43.3 Å².